The average Bonchev–Trinajstić information content (AvgIpc) is 2.66. The van der Waals surface area contributed by atoms with Crippen LogP contribution < -0.4 is 9.80 Å². The highest BCUT2D eigenvalue weighted by atomic mass is 35.5. The van der Waals surface area contributed by atoms with E-state index in [0.29, 0.717) is 16.1 Å². The summed E-state index contributed by atoms with van der Waals surface area (Å²) in [4.78, 5) is 27.2. The molecule has 0 atom stereocenters. The maximum absolute atomic E-state index is 12.4. The van der Waals surface area contributed by atoms with E-state index in [1.165, 1.54) is 11.8 Å². The number of aromatic nitrogens is 2. The zero-order valence-electron chi connectivity index (χ0n) is 15.7. The number of nitrogens with one attached hydrogen (secondary N) is 1. The molecule has 144 valence electrons. The zero-order chi connectivity index (χ0) is 18.5. The van der Waals surface area contributed by atoms with E-state index >= 15 is 0 Å². The third-order valence-corrected chi connectivity index (χ3v) is 6.44. The number of amides is 1. The van der Waals surface area contributed by atoms with E-state index in [1.807, 2.05) is 11.0 Å². The Bertz CT molecular complexity index is 616. The van der Waals surface area contributed by atoms with Crippen LogP contribution in [0.25, 0.3) is 0 Å². The van der Waals surface area contributed by atoms with Crippen LogP contribution >= 0.6 is 23.4 Å². The quantitative estimate of drug-likeness (QED) is 0.459. The van der Waals surface area contributed by atoms with Crippen molar-refractivity contribution >= 4 is 35.1 Å². The minimum Gasteiger partial charge on any atom is -0.345 e. The Kier molecular flexibility index (Phi) is 7.00. The van der Waals surface area contributed by atoms with Gasteiger partial charge in [-0.2, -0.15) is 0 Å². The van der Waals surface area contributed by atoms with Gasteiger partial charge in [-0.3, -0.25) is 4.79 Å². The molecule has 1 amide bonds. The highest BCUT2D eigenvalue weighted by Gasteiger charge is 2.22. The summed E-state index contributed by atoms with van der Waals surface area (Å²) in [7, 11) is 0. The van der Waals surface area contributed by atoms with E-state index in [4.69, 9.17) is 11.6 Å². The minimum atomic E-state index is 0.173. The molecule has 26 heavy (non-hydrogen) atoms. The van der Waals surface area contributed by atoms with Crippen molar-refractivity contribution < 1.29 is 9.69 Å². The number of hydrogen-bond donors (Lipinski definition) is 1. The van der Waals surface area contributed by atoms with Crippen LogP contribution in [0, 0.1) is 5.92 Å². The van der Waals surface area contributed by atoms with Crippen molar-refractivity contribution in [1.82, 2.24) is 14.9 Å². The third-order valence-electron chi connectivity index (χ3n) is 5.42. The molecule has 1 aromatic rings. The Labute approximate surface area is 165 Å². The number of rotatable bonds is 5. The molecule has 3 rings (SSSR count). The molecule has 2 aliphatic rings. The fourth-order valence-corrected chi connectivity index (χ4v) is 4.48. The first-order valence-corrected chi connectivity index (χ1v) is 10.9. The van der Waals surface area contributed by atoms with E-state index in [1.54, 1.807) is 4.90 Å². The van der Waals surface area contributed by atoms with Crippen molar-refractivity contribution in [2.24, 2.45) is 5.92 Å². The minimum absolute atomic E-state index is 0.173. The molecular formula is C18H29ClN5OS+. The maximum Gasteiger partial charge on any atom is 0.233 e. The van der Waals surface area contributed by atoms with Crippen LogP contribution in [0.2, 0.25) is 5.15 Å². The molecule has 0 aromatic carbocycles. The first-order valence-electron chi connectivity index (χ1n) is 9.58. The number of likely N-dealkylation sites (N-methyl/N-ethyl adjacent to an activating group) is 1. The molecule has 6 nitrogen and oxygen atoms in total. The van der Waals surface area contributed by atoms with Crippen LogP contribution in [0.15, 0.2) is 11.2 Å². The van der Waals surface area contributed by atoms with Crippen LogP contribution in [0.5, 0.6) is 0 Å². The number of carbonyl (C=O) groups excluding carboxylic acids is 1. The molecule has 1 N–H and O–H groups in total. The molecule has 0 bridgehead atoms. The molecule has 0 unspecified atom stereocenters. The van der Waals surface area contributed by atoms with Crippen LogP contribution in [-0.2, 0) is 4.79 Å². The predicted molar refractivity (Wildman–Crippen MR) is 106 cm³/mol. The number of piperidine rings is 1. The number of halogens is 1. The second-order valence-electron chi connectivity index (χ2n) is 7.27. The van der Waals surface area contributed by atoms with Gasteiger partial charge in [0.1, 0.15) is 11.0 Å². The number of quaternary nitrogens is 1. The monoisotopic (exact) mass is 398 g/mol. The van der Waals surface area contributed by atoms with Crippen LogP contribution in [0.3, 0.4) is 0 Å². The molecule has 2 aliphatic heterocycles. The fraction of sp³-hybridized carbons (Fsp3) is 0.722. The summed E-state index contributed by atoms with van der Waals surface area (Å²) in [5.74, 6) is 2.15. The lowest BCUT2D eigenvalue weighted by Gasteiger charge is -2.32. The van der Waals surface area contributed by atoms with E-state index in [0.717, 1.165) is 70.4 Å². The van der Waals surface area contributed by atoms with E-state index in [9.17, 15) is 4.79 Å². The van der Waals surface area contributed by atoms with E-state index in [2.05, 4.69) is 28.7 Å². The standard InChI is InChI=1S/C18H28ClN5OS/c1-3-22-8-10-23(11-9-22)16-12-15(19)20-18(21-16)26-13-17(25)24-6-4-14(2)5-7-24/h12,14H,3-11,13H2,1-2H3/p+1. The fourth-order valence-electron chi connectivity index (χ4n) is 3.49. The molecule has 3 heterocycles. The number of piperazine rings is 1. The Balaban J connectivity index is 1.57. The van der Waals surface area contributed by atoms with Crippen molar-refractivity contribution in [3.63, 3.8) is 0 Å². The second kappa shape index (κ2) is 9.24. The van der Waals surface area contributed by atoms with Gasteiger partial charge in [0.25, 0.3) is 0 Å². The van der Waals surface area contributed by atoms with Crippen molar-refractivity contribution in [2.75, 3.05) is 56.5 Å². The molecule has 0 radical (unpaired) electrons. The topological polar surface area (TPSA) is 53.8 Å². The Hall–Kier alpha value is -1.05. The smallest absolute Gasteiger partial charge is 0.233 e. The van der Waals surface area contributed by atoms with Crippen molar-refractivity contribution in [2.45, 2.75) is 31.8 Å². The molecular weight excluding hydrogens is 370 g/mol. The molecule has 0 aliphatic carbocycles. The van der Waals surface area contributed by atoms with Crippen molar-refractivity contribution in [3.05, 3.63) is 11.2 Å². The zero-order valence-corrected chi connectivity index (χ0v) is 17.3. The van der Waals surface area contributed by atoms with Gasteiger partial charge in [-0.25, -0.2) is 9.97 Å². The SMILES string of the molecule is CC[NH+]1CCN(c2cc(Cl)nc(SCC(=O)N3CCC(C)CC3)n2)CC1. The Morgan fingerprint density at radius 3 is 2.62 bits per heavy atom. The molecule has 0 spiro atoms. The summed E-state index contributed by atoms with van der Waals surface area (Å²) in [5.41, 5.74) is 0. The largest absolute Gasteiger partial charge is 0.345 e. The van der Waals surface area contributed by atoms with Gasteiger partial charge in [0.2, 0.25) is 5.91 Å². The second-order valence-corrected chi connectivity index (χ2v) is 8.60. The number of anilines is 1. The first-order chi connectivity index (χ1) is 12.5. The summed E-state index contributed by atoms with van der Waals surface area (Å²) < 4.78 is 0. The lowest BCUT2D eigenvalue weighted by Crippen LogP contribution is -3.14. The first kappa shape index (κ1) is 19.7. The summed E-state index contributed by atoms with van der Waals surface area (Å²) in [6.45, 7) is 11.6. The predicted octanol–water partition coefficient (Wildman–Crippen LogP) is 1.21. The molecule has 0 saturated carbocycles. The van der Waals surface area contributed by atoms with Gasteiger partial charge >= 0.3 is 0 Å². The van der Waals surface area contributed by atoms with Crippen LogP contribution in [-0.4, -0.2) is 72.3 Å². The number of thioether (sulfide) groups is 1. The summed E-state index contributed by atoms with van der Waals surface area (Å²) in [6.07, 6.45) is 2.19. The summed E-state index contributed by atoms with van der Waals surface area (Å²) in [5, 5.41) is 1.04. The van der Waals surface area contributed by atoms with E-state index in [-0.39, 0.29) is 5.91 Å². The maximum atomic E-state index is 12.4. The average molecular weight is 399 g/mol. The van der Waals surface area contributed by atoms with Gasteiger partial charge < -0.3 is 14.7 Å². The van der Waals surface area contributed by atoms with Crippen molar-refractivity contribution in [3.8, 4) is 0 Å². The number of hydrogen-bond acceptors (Lipinski definition) is 5. The molecule has 2 saturated heterocycles. The summed E-state index contributed by atoms with van der Waals surface area (Å²) in [6, 6.07) is 1.83. The Morgan fingerprint density at radius 1 is 1.27 bits per heavy atom. The van der Waals surface area contributed by atoms with Gasteiger partial charge in [-0.1, -0.05) is 30.3 Å². The van der Waals surface area contributed by atoms with E-state index < -0.39 is 0 Å². The highest BCUT2D eigenvalue weighted by Crippen LogP contribution is 2.23. The summed E-state index contributed by atoms with van der Waals surface area (Å²) >= 11 is 7.60. The number of nitrogens with zero attached hydrogens (tertiary/aromatic N) is 4. The van der Waals surface area contributed by atoms with Crippen LogP contribution in [0.4, 0.5) is 5.82 Å². The number of carbonyl (C=O) groups is 1. The lowest BCUT2D eigenvalue weighted by atomic mass is 9.99. The Morgan fingerprint density at radius 2 is 1.96 bits per heavy atom. The molecule has 2 fully saturated rings. The van der Waals surface area contributed by atoms with Crippen LogP contribution in [0.1, 0.15) is 26.7 Å². The lowest BCUT2D eigenvalue weighted by molar-refractivity contribution is -0.898. The highest BCUT2D eigenvalue weighted by molar-refractivity contribution is 7.99. The van der Waals surface area contributed by atoms with Gasteiger partial charge in [0, 0.05) is 19.2 Å². The molecule has 8 heteroatoms. The van der Waals surface area contributed by atoms with Gasteiger partial charge in [0.15, 0.2) is 5.16 Å². The van der Waals surface area contributed by atoms with Gasteiger partial charge in [0.05, 0.1) is 38.5 Å². The normalized spacial score (nSPS) is 19.8. The third kappa shape index (κ3) is 5.24. The van der Waals surface area contributed by atoms with Gasteiger partial charge in [-0.05, 0) is 25.7 Å². The van der Waals surface area contributed by atoms with Gasteiger partial charge in [-0.15, -0.1) is 0 Å². The van der Waals surface area contributed by atoms with Crippen molar-refractivity contribution in [1.29, 1.82) is 0 Å². The number of likely N-dealkylation sites (tertiary alicyclic amines) is 1. The molecule has 1 aromatic heterocycles.